The summed E-state index contributed by atoms with van der Waals surface area (Å²) in [4.78, 5) is 37.7. The molecule has 3 amide bonds. The van der Waals surface area contributed by atoms with Gasteiger partial charge in [0.1, 0.15) is 12.1 Å². The molecule has 164 valence electrons. The van der Waals surface area contributed by atoms with E-state index in [-0.39, 0.29) is 18.4 Å². The first-order valence-electron chi connectivity index (χ1n) is 10.1. The van der Waals surface area contributed by atoms with Crippen molar-refractivity contribution in [2.45, 2.75) is 39.2 Å². The Morgan fingerprint density at radius 2 is 1.77 bits per heavy atom. The standard InChI is InChI=1S/C22H30BrN3O4/c1-22(2,3)30-21(29)25-15-20(28)26-12-10-17(11-13-26)14-24-19(27)9-6-16-4-7-18(23)8-5-16/h4-9,17H,10-15H2,1-3H3,(H,24,27)(H,25,29)/b9-6+. The highest BCUT2D eigenvalue weighted by Gasteiger charge is 2.24. The Hall–Kier alpha value is -2.35. The minimum absolute atomic E-state index is 0.0723. The quantitative estimate of drug-likeness (QED) is 0.612. The van der Waals surface area contributed by atoms with Crippen LogP contribution in [0, 0.1) is 5.92 Å². The molecule has 0 aliphatic carbocycles. The number of ether oxygens (including phenoxy) is 1. The van der Waals surface area contributed by atoms with Crippen LogP contribution in [0.5, 0.6) is 0 Å². The number of benzene rings is 1. The zero-order valence-corrected chi connectivity index (χ0v) is 19.3. The maximum atomic E-state index is 12.3. The summed E-state index contributed by atoms with van der Waals surface area (Å²) in [6.45, 7) is 7.06. The molecule has 0 saturated carbocycles. The second kappa shape index (κ2) is 11.2. The van der Waals surface area contributed by atoms with Crippen molar-refractivity contribution in [3.8, 4) is 0 Å². The normalized spacial score (nSPS) is 15.1. The van der Waals surface area contributed by atoms with Crippen LogP contribution >= 0.6 is 15.9 Å². The number of carbonyl (C=O) groups excluding carboxylic acids is 3. The SMILES string of the molecule is CC(C)(C)OC(=O)NCC(=O)N1CCC(CNC(=O)/C=C/c2ccc(Br)cc2)CC1. The average Bonchev–Trinajstić information content (AvgIpc) is 2.69. The number of hydrogen-bond donors (Lipinski definition) is 2. The Balaban J connectivity index is 1.65. The number of hydrogen-bond acceptors (Lipinski definition) is 4. The first-order chi connectivity index (χ1) is 14.1. The van der Waals surface area contributed by atoms with Gasteiger partial charge in [-0.1, -0.05) is 28.1 Å². The molecule has 1 fully saturated rings. The highest BCUT2D eigenvalue weighted by atomic mass is 79.9. The first kappa shape index (κ1) is 23.9. The van der Waals surface area contributed by atoms with Gasteiger partial charge in [0, 0.05) is 30.2 Å². The fraction of sp³-hybridized carbons (Fsp3) is 0.500. The van der Waals surface area contributed by atoms with Crippen LogP contribution in [0.25, 0.3) is 6.08 Å². The second-order valence-electron chi connectivity index (χ2n) is 8.31. The van der Waals surface area contributed by atoms with E-state index in [0.717, 1.165) is 22.9 Å². The van der Waals surface area contributed by atoms with E-state index in [0.29, 0.717) is 25.6 Å². The van der Waals surface area contributed by atoms with E-state index in [1.807, 2.05) is 24.3 Å². The van der Waals surface area contributed by atoms with Gasteiger partial charge in [0.05, 0.1) is 0 Å². The van der Waals surface area contributed by atoms with Crippen LogP contribution in [-0.4, -0.2) is 54.6 Å². The van der Waals surface area contributed by atoms with Crippen LogP contribution in [0.2, 0.25) is 0 Å². The lowest BCUT2D eigenvalue weighted by Crippen LogP contribution is -2.46. The van der Waals surface area contributed by atoms with E-state index in [1.54, 1.807) is 31.7 Å². The monoisotopic (exact) mass is 479 g/mol. The van der Waals surface area contributed by atoms with Gasteiger partial charge >= 0.3 is 6.09 Å². The molecular weight excluding hydrogens is 450 g/mol. The highest BCUT2D eigenvalue weighted by Crippen LogP contribution is 2.16. The number of piperidine rings is 1. The molecule has 1 saturated heterocycles. The van der Waals surface area contributed by atoms with Crippen molar-refractivity contribution in [2.75, 3.05) is 26.2 Å². The highest BCUT2D eigenvalue weighted by molar-refractivity contribution is 9.10. The molecule has 0 spiro atoms. The summed E-state index contributed by atoms with van der Waals surface area (Å²) >= 11 is 3.38. The van der Waals surface area contributed by atoms with E-state index in [4.69, 9.17) is 4.74 Å². The fourth-order valence-corrected chi connectivity index (χ4v) is 3.27. The summed E-state index contributed by atoms with van der Waals surface area (Å²) in [5, 5.41) is 5.43. The minimum atomic E-state index is -0.594. The van der Waals surface area contributed by atoms with Crippen molar-refractivity contribution < 1.29 is 19.1 Å². The molecule has 0 bridgehead atoms. The van der Waals surface area contributed by atoms with Crippen molar-refractivity contribution in [2.24, 2.45) is 5.92 Å². The summed E-state index contributed by atoms with van der Waals surface area (Å²) < 4.78 is 6.13. The van der Waals surface area contributed by atoms with Crippen molar-refractivity contribution >= 4 is 39.9 Å². The topological polar surface area (TPSA) is 87.7 Å². The van der Waals surface area contributed by atoms with Crippen LogP contribution in [0.1, 0.15) is 39.2 Å². The van der Waals surface area contributed by atoms with E-state index >= 15 is 0 Å². The third-order valence-corrected chi connectivity index (χ3v) is 5.14. The van der Waals surface area contributed by atoms with Crippen LogP contribution < -0.4 is 10.6 Å². The molecule has 1 aliphatic heterocycles. The maximum absolute atomic E-state index is 12.3. The number of rotatable bonds is 6. The number of amides is 3. The van der Waals surface area contributed by atoms with Crippen LogP contribution in [-0.2, 0) is 14.3 Å². The molecule has 1 heterocycles. The molecule has 0 atom stereocenters. The lowest BCUT2D eigenvalue weighted by molar-refractivity contribution is -0.131. The summed E-state index contributed by atoms with van der Waals surface area (Å²) in [6, 6.07) is 7.71. The van der Waals surface area contributed by atoms with Gasteiger partial charge < -0.3 is 20.3 Å². The number of nitrogens with zero attached hydrogens (tertiary/aromatic N) is 1. The van der Waals surface area contributed by atoms with Gasteiger partial charge in [0.25, 0.3) is 0 Å². The number of alkyl carbamates (subject to hydrolysis) is 1. The van der Waals surface area contributed by atoms with Gasteiger partial charge in [-0.15, -0.1) is 0 Å². The number of nitrogens with one attached hydrogen (secondary N) is 2. The molecule has 1 aromatic carbocycles. The van der Waals surface area contributed by atoms with E-state index in [1.165, 1.54) is 6.08 Å². The largest absolute Gasteiger partial charge is 0.444 e. The second-order valence-corrected chi connectivity index (χ2v) is 9.23. The number of likely N-dealkylation sites (tertiary alicyclic amines) is 1. The molecule has 1 aliphatic rings. The van der Waals surface area contributed by atoms with Gasteiger partial charge in [-0.3, -0.25) is 9.59 Å². The van der Waals surface area contributed by atoms with Gasteiger partial charge in [-0.05, 0) is 63.3 Å². The van der Waals surface area contributed by atoms with Crippen molar-refractivity contribution in [1.29, 1.82) is 0 Å². The first-order valence-corrected chi connectivity index (χ1v) is 10.9. The summed E-state index contributed by atoms with van der Waals surface area (Å²) in [7, 11) is 0. The molecule has 2 rings (SSSR count). The maximum Gasteiger partial charge on any atom is 0.408 e. The van der Waals surface area contributed by atoms with Crippen LogP contribution in [0.4, 0.5) is 4.79 Å². The predicted octanol–water partition coefficient (Wildman–Crippen LogP) is 3.34. The van der Waals surface area contributed by atoms with Crippen molar-refractivity contribution in [3.05, 3.63) is 40.4 Å². The van der Waals surface area contributed by atoms with Crippen LogP contribution in [0.15, 0.2) is 34.8 Å². The van der Waals surface area contributed by atoms with Crippen molar-refractivity contribution in [1.82, 2.24) is 15.5 Å². The Morgan fingerprint density at radius 1 is 1.13 bits per heavy atom. The van der Waals surface area contributed by atoms with Crippen LogP contribution in [0.3, 0.4) is 0 Å². The van der Waals surface area contributed by atoms with E-state index in [2.05, 4.69) is 26.6 Å². The minimum Gasteiger partial charge on any atom is -0.444 e. The molecule has 1 aromatic rings. The third-order valence-electron chi connectivity index (χ3n) is 4.61. The van der Waals surface area contributed by atoms with Gasteiger partial charge in [-0.2, -0.15) is 0 Å². The zero-order valence-electron chi connectivity index (χ0n) is 17.7. The molecule has 7 nitrogen and oxygen atoms in total. The lowest BCUT2D eigenvalue weighted by atomic mass is 9.96. The average molecular weight is 480 g/mol. The molecule has 2 N–H and O–H groups in total. The van der Waals surface area contributed by atoms with Gasteiger partial charge in [0.15, 0.2) is 0 Å². The molecule has 0 unspecified atom stereocenters. The Kier molecular flexibility index (Phi) is 8.89. The fourth-order valence-electron chi connectivity index (χ4n) is 3.01. The zero-order chi connectivity index (χ0) is 22.1. The Morgan fingerprint density at radius 3 is 2.37 bits per heavy atom. The van der Waals surface area contributed by atoms with Crippen molar-refractivity contribution in [3.63, 3.8) is 0 Å². The van der Waals surface area contributed by atoms with Gasteiger partial charge in [0.2, 0.25) is 11.8 Å². The lowest BCUT2D eigenvalue weighted by Gasteiger charge is -2.32. The third kappa shape index (κ3) is 8.98. The van der Waals surface area contributed by atoms with Gasteiger partial charge in [-0.25, -0.2) is 4.79 Å². The Bertz CT molecular complexity index is 764. The molecule has 0 radical (unpaired) electrons. The summed E-state index contributed by atoms with van der Waals surface area (Å²) in [5.41, 5.74) is 0.365. The Labute approximate surface area is 186 Å². The van der Waals surface area contributed by atoms with E-state index in [9.17, 15) is 14.4 Å². The molecule has 0 aromatic heterocycles. The molecule has 30 heavy (non-hydrogen) atoms. The number of halogens is 1. The smallest absolute Gasteiger partial charge is 0.408 e. The summed E-state index contributed by atoms with van der Waals surface area (Å²) in [5.74, 6) is 0.0802. The summed E-state index contributed by atoms with van der Waals surface area (Å²) in [6.07, 6.45) is 4.35. The molecule has 8 heteroatoms. The van der Waals surface area contributed by atoms with E-state index < -0.39 is 11.7 Å². The number of carbonyl (C=O) groups is 3. The molecular formula is C22H30BrN3O4. The predicted molar refractivity (Wildman–Crippen MR) is 120 cm³/mol.